The van der Waals surface area contributed by atoms with Crippen molar-refractivity contribution >= 4 is 11.8 Å². The van der Waals surface area contributed by atoms with Gasteiger partial charge in [-0.2, -0.15) is 5.26 Å². The van der Waals surface area contributed by atoms with E-state index < -0.39 is 11.8 Å². The molecule has 0 N–H and O–H groups in total. The quantitative estimate of drug-likeness (QED) is 0.749. The highest BCUT2D eigenvalue weighted by molar-refractivity contribution is 7.99. The Morgan fingerprint density at radius 3 is 2.62 bits per heavy atom. The van der Waals surface area contributed by atoms with E-state index >= 15 is 0 Å². The van der Waals surface area contributed by atoms with Crippen LogP contribution in [0.2, 0.25) is 0 Å². The van der Waals surface area contributed by atoms with Crippen molar-refractivity contribution in [2.75, 3.05) is 5.75 Å². The molecule has 16 heavy (non-hydrogen) atoms. The topological polar surface area (TPSA) is 23.8 Å². The summed E-state index contributed by atoms with van der Waals surface area (Å²) in [4.78, 5) is 0.821. The minimum atomic E-state index is -2.31. The first-order valence-electron chi connectivity index (χ1n) is 5.10. The van der Waals surface area contributed by atoms with Crippen LogP contribution in [0.5, 0.6) is 0 Å². The largest absolute Gasteiger partial charge is 0.247 e. The van der Waals surface area contributed by atoms with Crippen LogP contribution in [0.25, 0.3) is 0 Å². The molecule has 1 fully saturated rings. The van der Waals surface area contributed by atoms with Crippen molar-refractivity contribution in [2.24, 2.45) is 0 Å². The van der Waals surface area contributed by atoms with E-state index in [0.717, 1.165) is 35.1 Å². The molecule has 1 aromatic rings. The smallest absolute Gasteiger partial charge is 0.210 e. The highest BCUT2D eigenvalue weighted by Crippen LogP contribution is 2.50. The number of nitriles is 1. The number of alkyl halides is 2. The lowest BCUT2D eigenvalue weighted by atomic mass is 9.98. The van der Waals surface area contributed by atoms with Gasteiger partial charge in [-0.15, -0.1) is 11.8 Å². The van der Waals surface area contributed by atoms with Crippen LogP contribution in [0.1, 0.15) is 18.4 Å². The number of rotatable bonds is 4. The minimum Gasteiger partial charge on any atom is -0.210 e. The lowest BCUT2D eigenvalue weighted by Crippen LogP contribution is -2.05. The van der Waals surface area contributed by atoms with Gasteiger partial charge in [-0.25, -0.2) is 8.78 Å². The molecule has 2 rings (SSSR count). The van der Waals surface area contributed by atoms with E-state index in [1.165, 1.54) is 0 Å². The van der Waals surface area contributed by atoms with Crippen LogP contribution in [0.3, 0.4) is 0 Å². The maximum Gasteiger partial charge on any atom is 0.247 e. The van der Waals surface area contributed by atoms with Gasteiger partial charge in [0, 0.05) is 4.90 Å². The molecule has 0 saturated heterocycles. The number of hydrogen-bond donors (Lipinski definition) is 0. The normalized spacial score (nSPS) is 17.1. The molecule has 1 nitrogen and oxygen atoms in total. The molecule has 0 amide bonds. The molecule has 1 aromatic carbocycles. The van der Waals surface area contributed by atoms with Crippen molar-refractivity contribution in [3.05, 3.63) is 29.8 Å². The minimum absolute atomic E-state index is 0.210. The van der Waals surface area contributed by atoms with Crippen LogP contribution in [0.15, 0.2) is 29.2 Å². The first-order valence-corrected chi connectivity index (χ1v) is 6.08. The number of benzene rings is 1. The van der Waals surface area contributed by atoms with Crippen LogP contribution in [-0.2, 0) is 5.41 Å². The molecular formula is C12H11F2NS. The Morgan fingerprint density at radius 2 is 2.06 bits per heavy atom. The van der Waals surface area contributed by atoms with Crippen LogP contribution >= 0.6 is 11.8 Å². The summed E-state index contributed by atoms with van der Waals surface area (Å²) in [6.45, 7) is 0. The molecule has 0 aromatic heterocycles. The van der Waals surface area contributed by atoms with Crippen molar-refractivity contribution < 1.29 is 8.78 Å². The van der Waals surface area contributed by atoms with Crippen molar-refractivity contribution in [1.82, 2.24) is 0 Å². The molecule has 84 valence electrons. The maximum atomic E-state index is 12.2. The molecule has 0 aliphatic heterocycles. The zero-order valence-electron chi connectivity index (χ0n) is 8.62. The standard InChI is InChI=1S/C12H11F2NS/c13-11(14)7-16-10-4-2-1-3-9(10)12(8-15)5-6-12/h1-4,11H,5-7H2. The molecule has 1 aliphatic rings. The van der Waals surface area contributed by atoms with Gasteiger partial charge in [0.25, 0.3) is 0 Å². The molecule has 0 heterocycles. The lowest BCUT2D eigenvalue weighted by Gasteiger charge is -2.12. The Morgan fingerprint density at radius 1 is 1.38 bits per heavy atom. The fourth-order valence-corrected chi connectivity index (χ4v) is 2.61. The SMILES string of the molecule is N#CC1(c2ccccc2SCC(F)F)CC1. The molecule has 0 spiro atoms. The molecule has 1 aliphatic carbocycles. The summed E-state index contributed by atoms with van der Waals surface area (Å²) in [5.74, 6) is -0.210. The first-order chi connectivity index (χ1) is 7.68. The Hall–Kier alpha value is -1.08. The second-order valence-corrected chi connectivity index (χ2v) is 4.95. The monoisotopic (exact) mass is 239 g/mol. The summed E-state index contributed by atoms with van der Waals surface area (Å²) in [5.41, 5.74) is 0.522. The highest BCUT2D eigenvalue weighted by atomic mass is 32.2. The molecule has 0 bridgehead atoms. The van der Waals surface area contributed by atoms with Gasteiger partial charge in [0.2, 0.25) is 6.43 Å². The Labute approximate surface area is 97.5 Å². The number of hydrogen-bond acceptors (Lipinski definition) is 2. The van der Waals surface area contributed by atoms with Gasteiger partial charge in [-0.05, 0) is 24.5 Å². The Balaban J connectivity index is 2.22. The summed E-state index contributed by atoms with van der Waals surface area (Å²) in [7, 11) is 0. The van der Waals surface area contributed by atoms with E-state index in [1.54, 1.807) is 0 Å². The van der Waals surface area contributed by atoms with Gasteiger partial charge < -0.3 is 0 Å². The van der Waals surface area contributed by atoms with Crippen molar-refractivity contribution in [2.45, 2.75) is 29.6 Å². The average Bonchev–Trinajstić information content (AvgIpc) is 3.07. The van der Waals surface area contributed by atoms with E-state index in [9.17, 15) is 8.78 Å². The average molecular weight is 239 g/mol. The first kappa shape index (κ1) is 11.4. The number of halogens is 2. The van der Waals surface area contributed by atoms with Gasteiger partial charge >= 0.3 is 0 Å². The molecular weight excluding hydrogens is 228 g/mol. The van der Waals surface area contributed by atoms with Crippen LogP contribution < -0.4 is 0 Å². The summed E-state index contributed by atoms with van der Waals surface area (Å²) in [5, 5.41) is 9.10. The van der Waals surface area contributed by atoms with Crippen LogP contribution in [0.4, 0.5) is 8.78 Å². The lowest BCUT2D eigenvalue weighted by molar-refractivity contribution is 0.177. The Bertz CT molecular complexity index is 421. The molecule has 0 atom stereocenters. The summed E-state index contributed by atoms with van der Waals surface area (Å²) in [6.07, 6.45) is -0.624. The third kappa shape index (κ3) is 2.19. The summed E-state index contributed by atoms with van der Waals surface area (Å²) < 4.78 is 24.3. The van der Waals surface area contributed by atoms with Gasteiger partial charge in [0.05, 0.1) is 17.2 Å². The molecule has 4 heteroatoms. The van der Waals surface area contributed by atoms with E-state index in [2.05, 4.69) is 6.07 Å². The van der Waals surface area contributed by atoms with E-state index in [4.69, 9.17) is 5.26 Å². The van der Waals surface area contributed by atoms with Gasteiger partial charge in [-0.1, -0.05) is 18.2 Å². The second kappa shape index (κ2) is 4.42. The number of thioether (sulfide) groups is 1. The van der Waals surface area contributed by atoms with Gasteiger partial charge in [0.1, 0.15) is 0 Å². The Kier molecular flexibility index (Phi) is 3.15. The second-order valence-electron chi connectivity index (χ2n) is 3.89. The van der Waals surface area contributed by atoms with Crippen molar-refractivity contribution in [3.8, 4) is 6.07 Å². The fourth-order valence-electron chi connectivity index (χ4n) is 1.71. The maximum absolute atomic E-state index is 12.2. The fraction of sp³-hybridized carbons (Fsp3) is 0.417. The van der Waals surface area contributed by atoms with Crippen molar-refractivity contribution in [1.29, 1.82) is 5.26 Å². The molecule has 0 radical (unpaired) electrons. The van der Waals surface area contributed by atoms with E-state index in [-0.39, 0.29) is 5.75 Å². The predicted molar refractivity (Wildman–Crippen MR) is 59.7 cm³/mol. The summed E-state index contributed by atoms with van der Waals surface area (Å²) >= 11 is 1.14. The predicted octanol–water partition coefficient (Wildman–Crippen LogP) is 3.60. The zero-order valence-corrected chi connectivity index (χ0v) is 9.44. The van der Waals surface area contributed by atoms with Crippen LogP contribution in [-0.4, -0.2) is 12.2 Å². The third-order valence-electron chi connectivity index (χ3n) is 2.73. The molecule has 1 saturated carbocycles. The zero-order chi connectivity index (χ0) is 11.6. The number of nitrogens with zero attached hydrogens (tertiary/aromatic N) is 1. The molecule has 0 unspecified atom stereocenters. The van der Waals surface area contributed by atoms with Crippen molar-refractivity contribution in [3.63, 3.8) is 0 Å². The van der Waals surface area contributed by atoms with Gasteiger partial charge in [-0.3, -0.25) is 0 Å². The van der Waals surface area contributed by atoms with E-state index in [0.29, 0.717) is 0 Å². The highest BCUT2D eigenvalue weighted by Gasteiger charge is 2.46. The van der Waals surface area contributed by atoms with E-state index in [1.807, 2.05) is 24.3 Å². The van der Waals surface area contributed by atoms with Crippen LogP contribution in [0, 0.1) is 11.3 Å². The van der Waals surface area contributed by atoms with Gasteiger partial charge in [0.15, 0.2) is 0 Å². The third-order valence-corrected chi connectivity index (χ3v) is 3.82. The summed E-state index contributed by atoms with van der Waals surface area (Å²) in [6, 6.07) is 9.68.